The highest BCUT2D eigenvalue weighted by Gasteiger charge is 2.03. The van der Waals surface area contributed by atoms with Gasteiger partial charge in [0.2, 0.25) is 0 Å². The number of methoxy groups -OCH3 is 1. The number of hydrogen-bond acceptors (Lipinski definition) is 5. The van der Waals surface area contributed by atoms with E-state index in [0.717, 1.165) is 18.8 Å². The van der Waals surface area contributed by atoms with Crippen molar-refractivity contribution in [3.05, 3.63) is 11.9 Å². The van der Waals surface area contributed by atoms with Crippen molar-refractivity contribution >= 4 is 11.6 Å². The topological polar surface area (TPSA) is 73.1 Å². The molecule has 5 heteroatoms. The lowest BCUT2D eigenvalue weighted by molar-refractivity contribution is 0.178. The Morgan fingerprint density at radius 2 is 2.25 bits per heavy atom. The molecule has 1 unspecified atom stereocenters. The lowest BCUT2D eigenvalue weighted by atomic mass is 10.1. The van der Waals surface area contributed by atoms with Gasteiger partial charge >= 0.3 is 0 Å². The van der Waals surface area contributed by atoms with Crippen molar-refractivity contribution in [1.82, 2.24) is 9.97 Å². The van der Waals surface area contributed by atoms with Gasteiger partial charge in [0.15, 0.2) is 5.82 Å². The van der Waals surface area contributed by atoms with Crippen molar-refractivity contribution < 1.29 is 4.74 Å². The van der Waals surface area contributed by atoms with Gasteiger partial charge in [-0.15, -0.1) is 0 Å². The summed E-state index contributed by atoms with van der Waals surface area (Å²) in [7, 11) is 1.61. The van der Waals surface area contributed by atoms with E-state index >= 15 is 0 Å². The van der Waals surface area contributed by atoms with E-state index in [2.05, 4.69) is 29.1 Å². The summed E-state index contributed by atoms with van der Waals surface area (Å²) in [6.45, 7) is 5.62. The summed E-state index contributed by atoms with van der Waals surface area (Å²) in [5.41, 5.74) is 5.68. The Bertz CT molecular complexity index is 330. The number of hydrogen-bond donors (Lipinski definition) is 2. The lowest BCUT2D eigenvalue weighted by Crippen LogP contribution is -2.13. The third-order valence-corrected chi connectivity index (χ3v) is 2.39. The maximum Gasteiger partial charge on any atom is 0.158 e. The minimum Gasteiger partial charge on any atom is -0.384 e. The van der Waals surface area contributed by atoms with Gasteiger partial charge in [-0.05, 0) is 5.92 Å². The maximum atomic E-state index is 5.68. The van der Waals surface area contributed by atoms with E-state index in [4.69, 9.17) is 10.5 Å². The van der Waals surface area contributed by atoms with E-state index < -0.39 is 0 Å². The highest BCUT2D eigenvalue weighted by atomic mass is 16.5. The molecule has 0 saturated heterocycles. The molecule has 1 aromatic rings. The Morgan fingerprint density at radius 1 is 1.50 bits per heavy atom. The molecule has 1 rings (SSSR count). The number of rotatable bonds is 6. The predicted octanol–water partition coefficient (Wildman–Crippen LogP) is 1.66. The Balaban J connectivity index is 2.64. The second-order valence-electron chi connectivity index (χ2n) is 3.92. The number of nitrogen functional groups attached to an aromatic ring is 1. The normalized spacial score (nSPS) is 12.4. The standard InChI is InChI=1S/C11H20N4O/c1-4-8(2)6-13-10-5-9(12)14-11(15-10)7-16-3/h5,8H,4,6-7H2,1-3H3,(H3,12,13,14,15). The molecule has 0 amide bonds. The van der Waals surface area contributed by atoms with Crippen LogP contribution < -0.4 is 11.1 Å². The van der Waals surface area contributed by atoms with Crippen LogP contribution in [0.1, 0.15) is 26.1 Å². The number of nitrogens with one attached hydrogen (secondary N) is 1. The summed E-state index contributed by atoms with van der Waals surface area (Å²) in [5, 5.41) is 3.25. The minimum absolute atomic E-state index is 0.378. The Labute approximate surface area is 96.4 Å². The number of nitrogens with zero attached hydrogens (tertiary/aromatic N) is 2. The Hall–Kier alpha value is -1.36. The average molecular weight is 224 g/mol. The molecule has 1 aromatic heterocycles. The van der Waals surface area contributed by atoms with Crippen molar-refractivity contribution in [1.29, 1.82) is 0 Å². The number of nitrogens with two attached hydrogens (primary N) is 1. The zero-order chi connectivity index (χ0) is 12.0. The number of aromatic nitrogens is 2. The highest BCUT2D eigenvalue weighted by Crippen LogP contribution is 2.10. The molecule has 5 nitrogen and oxygen atoms in total. The molecule has 16 heavy (non-hydrogen) atoms. The zero-order valence-electron chi connectivity index (χ0n) is 10.2. The van der Waals surface area contributed by atoms with E-state index in [0.29, 0.717) is 24.2 Å². The first-order chi connectivity index (χ1) is 7.65. The summed E-state index contributed by atoms with van der Waals surface area (Å²) in [5.74, 6) is 2.45. The molecule has 3 N–H and O–H groups in total. The minimum atomic E-state index is 0.378. The quantitative estimate of drug-likeness (QED) is 0.768. The van der Waals surface area contributed by atoms with Crippen LogP contribution >= 0.6 is 0 Å². The summed E-state index contributed by atoms with van der Waals surface area (Å²) in [6, 6.07) is 1.74. The molecule has 0 aliphatic heterocycles. The molecule has 0 aliphatic carbocycles. The predicted molar refractivity (Wildman–Crippen MR) is 65.1 cm³/mol. The third-order valence-electron chi connectivity index (χ3n) is 2.39. The average Bonchev–Trinajstić information content (AvgIpc) is 2.25. The summed E-state index contributed by atoms with van der Waals surface area (Å²) >= 11 is 0. The zero-order valence-corrected chi connectivity index (χ0v) is 10.2. The first kappa shape index (κ1) is 12.7. The summed E-state index contributed by atoms with van der Waals surface area (Å²) in [4.78, 5) is 8.37. The second kappa shape index (κ2) is 6.27. The van der Waals surface area contributed by atoms with Crippen molar-refractivity contribution in [2.24, 2.45) is 5.92 Å². The number of anilines is 2. The SMILES string of the molecule is CCC(C)CNc1cc(N)nc(COC)n1. The first-order valence-electron chi connectivity index (χ1n) is 5.52. The van der Waals surface area contributed by atoms with Crippen LogP contribution in [-0.4, -0.2) is 23.6 Å². The van der Waals surface area contributed by atoms with Crippen LogP contribution in [0.3, 0.4) is 0 Å². The molecule has 90 valence electrons. The molecule has 1 atom stereocenters. The van der Waals surface area contributed by atoms with Crippen LogP contribution in [0.4, 0.5) is 11.6 Å². The smallest absolute Gasteiger partial charge is 0.158 e. The molecule has 0 fully saturated rings. The molecule has 0 saturated carbocycles. The molecular formula is C11H20N4O. The van der Waals surface area contributed by atoms with Gasteiger partial charge in [0.25, 0.3) is 0 Å². The molecular weight excluding hydrogens is 204 g/mol. The van der Waals surface area contributed by atoms with Crippen LogP contribution in [0.25, 0.3) is 0 Å². The summed E-state index contributed by atoms with van der Waals surface area (Å²) < 4.78 is 4.98. The van der Waals surface area contributed by atoms with Gasteiger partial charge < -0.3 is 15.8 Å². The second-order valence-corrected chi connectivity index (χ2v) is 3.92. The van der Waals surface area contributed by atoms with Crippen molar-refractivity contribution in [3.63, 3.8) is 0 Å². The van der Waals surface area contributed by atoms with Crippen LogP contribution in [0.5, 0.6) is 0 Å². The molecule has 1 heterocycles. The molecule has 0 spiro atoms. The largest absolute Gasteiger partial charge is 0.384 e. The van der Waals surface area contributed by atoms with Crippen molar-refractivity contribution in [2.45, 2.75) is 26.9 Å². The van der Waals surface area contributed by atoms with E-state index in [-0.39, 0.29) is 0 Å². The fraction of sp³-hybridized carbons (Fsp3) is 0.636. The maximum absolute atomic E-state index is 5.68. The van der Waals surface area contributed by atoms with E-state index in [1.807, 2.05) is 0 Å². The van der Waals surface area contributed by atoms with Gasteiger partial charge in [0.05, 0.1) is 0 Å². The van der Waals surface area contributed by atoms with E-state index in [1.54, 1.807) is 13.2 Å². The van der Waals surface area contributed by atoms with Gasteiger partial charge in [-0.25, -0.2) is 9.97 Å². The first-order valence-corrected chi connectivity index (χ1v) is 5.52. The van der Waals surface area contributed by atoms with Crippen LogP contribution in [-0.2, 0) is 11.3 Å². The third kappa shape index (κ3) is 4.02. The van der Waals surface area contributed by atoms with E-state index in [1.165, 1.54) is 0 Å². The highest BCUT2D eigenvalue weighted by molar-refractivity contribution is 5.44. The van der Waals surface area contributed by atoms with E-state index in [9.17, 15) is 0 Å². The van der Waals surface area contributed by atoms with Crippen LogP contribution in [0.2, 0.25) is 0 Å². The Kier molecular flexibility index (Phi) is 4.98. The Morgan fingerprint density at radius 3 is 2.88 bits per heavy atom. The van der Waals surface area contributed by atoms with Gasteiger partial charge in [-0.1, -0.05) is 20.3 Å². The van der Waals surface area contributed by atoms with Crippen LogP contribution in [0, 0.1) is 5.92 Å². The van der Waals surface area contributed by atoms with Gasteiger partial charge in [-0.2, -0.15) is 0 Å². The summed E-state index contributed by atoms with van der Waals surface area (Å²) in [6.07, 6.45) is 1.14. The monoisotopic (exact) mass is 224 g/mol. The lowest BCUT2D eigenvalue weighted by Gasteiger charge is -2.11. The molecule has 0 bridgehead atoms. The van der Waals surface area contributed by atoms with Gasteiger partial charge in [0.1, 0.15) is 18.2 Å². The fourth-order valence-corrected chi connectivity index (χ4v) is 1.23. The number of ether oxygens (including phenoxy) is 1. The van der Waals surface area contributed by atoms with Crippen molar-refractivity contribution in [3.8, 4) is 0 Å². The fourth-order valence-electron chi connectivity index (χ4n) is 1.23. The van der Waals surface area contributed by atoms with Crippen molar-refractivity contribution in [2.75, 3.05) is 24.7 Å². The molecule has 0 radical (unpaired) electrons. The molecule has 0 aromatic carbocycles. The van der Waals surface area contributed by atoms with Gasteiger partial charge in [0, 0.05) is 19.7 Å². The van der Waals surface area contributed by atoms with Crippen LogP contribution in [0.15, 0.2) is 6.07 Å². The van der Waals surface area contributed by atoms with Gasteiger partial charge in [-0.3, -0.25) is 0 Å². The molecule has 0 aliphatic rings.